The van der Waals surface area contributed by atoms with Crippen LogP contribution in [0.2, 0.25) is 0 Å². The third-order valence-electron chi connectivity index (χ3n) is 5.96. The largest absolute Gasteiger partial charge is 0.268 e. The van der Waals surface area contributed by atoms with Gasteiger partial charge in [0.25, 0.3) is 5.56 Å². The summed E-state index contributed by atoms with van der Waals surface area (Å²) < 4.78 is 29.6. The van der Waals surface area contributed by atoms with Crippen LogP contribution >= 0.6 is 0 Å². The molecule has 7 heteroatoms. The molecule has 1 unspecified atom stereocenters. The number of rotatable bonds is 6. The van der Waals surface area contributed by atoms with E-state index in [1.807, 2.05) is 48.5 Å². The van der Waals surface area contributed by atoms with Gasteiger partial charge in [-0.25, -0.2) is 13.4 Å². The molecular weight excluding hydrogens is 434 g/mol. The summed E-state index contributed by atoms with van der Waals surface area (Å²) in [5, 5.41) is 0.479. The lowest BCUT2D eigenvalue weighted by Crippen LogP contribution is -2.34. The molecule has 0 aliphatic rings. The van der Waals surface area contributed by atoms with E-state index in [2.05, 4.69) is 13.8 Å². The van der Waals surface area contributed by atoms with Crippen molar-refractivity contribution in [2.75, 3.05) is 7.05 Å². The number of nitrogens with zero attached hydrogens (tertiary/aromatic N) is 3. The SMILES string of the molecule is CC(C)c1ccc(S(=O)(=O)N(C)C(C)c2nc3ccccc3c(=O)n2-c2ccccc2)cc1. The second kappa shape index (κ2) is 8.92. The van der Waals surface area contributed by atoms with Crippen LogP contribution in [-0.2, 0) is 10.0 Å². The van der Waals surface area contributed by atoms with Gasteiger partial charge in [-0.1, -0.05) is 56.3 Å². The highest BCUT2D eigenvalue weighted by atomic mass is 32.2. The Labute approximate surface area is 194 Å². The predicted molar refractivity (Wildman–Crippen MR) is 131 cm³/mol. The number of para-hydroxylation sites is 2. The Morgan fingerprint density at radius 2 is 1.45 bits per heavy atom. The lowest BCUT2D eigenvalue weighted by atomic mass is 10.0. The van der Waals surface area contributed by atoms with Gasteiger partial charge in [-0.05, 0) is 54.8 Å². The fraction of sp³-hybridized carbons (Fsp3) is 0.231. The minimum absolute atomic E-state index is 0.204. The number of fused-ring (bicyclic) bond motifs is 1. The Bertz CT molecular complexity index is 1440. The van der Waals surface area contributed by atoms with E-state index < -0.39 is 16.1 Å². The summed E-state index contributed by atoms with van der Waals surface area (Å²) in [5.41, 5.74) is 2.00. The van der Waals surface area contributed by atoms with Crippen LogP contribution < -0.4 is 5.56 Å². The van der Waals surface area contributed by atoms with Gasteiger partial charge in [0.05, 0.1) is 27.5 Å². The zero-order valence-corrected chi connectivity index (χ0v) is 20.0. The molecule has 1 atom stereocenters. The van der Waals surface area contributed by atoms with Crippen LogP contribution in [-0.4, -0.2) is 29.3 Å². The van der Waals surface area contributed by atoms with E-state index in [9.17, 15) is 13.2 Å². The predicted octanol–water partition coefficient (Wildman–Crippen LogP) is 4.89. The van der Waals surface area contributed by atoms with Gasteiger partial charge in [0.2, 0.25) is 10.0 Å². The molecule has 1 aromatic heterocycles. The first-order valence-electron chi connectivity index (χ1n) is 10.9. The molecule has 170 valence electrons. The first-order valence-corrected chi connectivity index (χ1v) is 12.3. The molecule has 0 aliphatic heterocycles. The fourth-order valence-electron chi connectivity index (χ4n) is 3.82. The van der Waals surface area contributed by atoms with E-state index in [4.69, 9.17) is 4.98 Å². The summed E-state index contributed by atoms with van der Waals surface area (Å²) in [6, 6.07) is 22.5. The Hall–Kier alpha value is -3.29. The molecule has 0 amide bonds. The maximum Gasteiger partial charge on any atom is 0.266 e. The highest BCUT2D eigenvalue weighted by molar-refractivity contribution is 7.89. The van der Waals surface area contributed by atoms with Gasteiger partial charge in [-0.3, -0.25) is 9.36 Å². The molecule has 0 radical (unpaired) electrons. The van der Waals surface area contributed by atoms with Crippen molar-refractivity contribution in [1.29, 1.82) is 0 Å². The topological polar surface area (TPSA) is 72.3 Å². The average Bonchev–Trinajstić information content (AvgIpc) is 2.83. The maximum absolute atomic E-state index is 13.5. The highest BCUT2D eigenvalue weighted by Crippen LogP contribution is 2.27. The average molecular weight is 462 g/mol. The summed E-state index contributed by atoms with van der Waals surface area (Å²) in [6.45, 7) is 5.87. The van der Waals surface area contributed by atoms with Crippen LogP contribution in [0.5, 0.6) is 0 Å². The molecule has 0 spiro atoms. The molecule has 0 N–H and O–H groups in total. The maximum atomic E-state index is 13.5. The first-order chi connectivity index (χ1) is 15.7. The molecule has 0 bridgehead atoms. The van der Waals surface area contributed by atoms with Gasteiger partial charge < -0.3 is 0 Å². The molecular formula is C26H27N3O3S. The lowest BCUT2D eigenvalue weighted by Gasteiger charge is -2.26. The van der Waals surface area contributed by atoms with Crippen molar-refractivity contribution >= 4 is 20.9 Å². The quantitative estimate of drug-likeness (QED) is 0.410. The van der Waals surface area contributed by atoms with Crippen LogP contribution in [0.3, 0.4) is 0 Å². The van der Waals surface area contributed by atoms with E-state index >= 15 is 0 Å². The van der Waals surface area contributed by atoms with Crippen LogP contribution in [0.4, 0.5) is 0 Å². The molecule has 0 fully saturated rings. The standard InChI is InChI=1S/C26H27N3O3S/c1-18(2)20-14-16-22(17-15-20)33(31,32)28(4)19(3)25-27-24-13-9-8-12-23(24)26(30)29(25)21-10-6-5-7-11-21/h5-19H,1-4H3. The zero-order valence-electron chi connectivity index (χ0n) is 19.1. The smallest absolute Gasteiger partial charge is 0.266 e. The summed E-state index contributed by atoms with van der Waals surface area (Å²) in [7, 11) is -2.30. The number of benzene rings is 3. The van der Waals surface area contributed by atoms with E-state index in [-0.39, 0.29) is 10.5 Å². The van der Waals surface area contributed by atoms with Gasteiger partial charge in [-0.15, -0.1) is 0 Å². The van der Waals surface area contributed by atoms with Crippen LogP contribution in [0, 0.1) is 0 Å². The zero-order chi connectivity index (χ0) is 23.8. The third-order valence-corrected chi connectivity index (χ3v) is 7.90. The Balaban J connectivity index is 1.85. The summed E-state index contributed by atoms with van der Waals surface area (Å²) >= 11 is 0. The van der Waals surface area contributed by atoms with Crippen LogP contribution in [0.25, 0.3) is 16.6 Å². The van der Waals surface area contributed by atoms with Crippen molar-refractivity contribution in [3.63, 3.8) is 0 Å². The number of hydrogen-bond acceptors (Lipinski definition) is 4. The van der Waals surface area contributed by atoms with Gasteiger partial charge in [0.1, 0.15) is 5.82 Å². The second-order valence-electron chi connectivity index (χ2n) is 8.38. The monoisotopic (exact) mass is 461 g/mol. The van der Waals surface area contributed by atoms with E-state index in [0.29, 0.717) is 28.3 Å². The van der Waals surface area contributed by atoms with Crippen molar-refractivity contribution in [1.82, 2.24) is 13.9 Å². The van der Waals surface area contributed by atoms with Crippen LogP contribution in [0.1, 0.15) is 44.1 Å². The third kappa shape index (κ3) is 4.21. The van der Waals surface area contributed by atoms with Gasteiger partial charge in [0, 0.05) is 7.05 Å². The van der Waals surface area contributed by atoms with Gasteiger partial charge in [-0.2, -0.15) is 4.31 Å². The highest BCUT2D eigenvalue weighted by Gasteiger charge is 2.30. The molecule has 4 aromatic rings. The Morgan fingerprint density at radius 3 is 2.09 bits per heavy atom. The van der Waals surface area contributed by atoms with Crippen molar-refractivity contribution in [3.05, 3.63) is 101 Å². The summed E-state index contributed by atoms with van der Waals surface area (Å²) in [6.07, 6.45) is 0. The lowest BCUT2D eigenvalue weighted by molar-refractivity contribution is 0.379. The molecule has 4 rings (SSSR count). The molecule has 0 saturated heterocycles. The minimum atomic E-state index is -3.82. The van der Waals surface area contributed by atoms with Crippen molar-refractivity contribution in [2.24, 2.45) is 0 Å². The fourth-order valence-corrected chi connectivity index (χ4v) is 5.14. The van der Waals surface area contributed by atoms with Crippen molar-refractivity contribution in [3.8, 4) is 5.69 Å². The summed E-state index contributed by atoms with van der Waals surface area (Å²) in [5.74, 6) is 0.662. The number of hydrogen-bond donors (Lipinski definition) is 0. The van der Waals surface area contributed by atoms with E-state index in [0.717, 1.165) is 5.56 Å². The summed E-state index contributed by atoms with van der Waals surface area (Å²) in [4.78, 5) is 18.4. The Morgan fingerprint density at radius 1 is 0.848 bits per heavy atom. The van der Waals surface area contributed by atoms with E-state index in [1.54, 1.807) is 37.3 Å². The molecule has 1 heterocycles. The van der Waals surface area contributed by atoms with Crippen LogP contribution in [0.15, 0.2) is 88.6 Å². The van der Waals surface area contributed by atoms with Crippen molar-refractivity contribution < 1.29 is 8.42 Å². The molecule has 33 heavy (non-hydrogen) atoms. The van der Waals surface area contributed by atoms with E-state index in [1.165, 1.54) is 15.9 Å². The number of sulfonamides is 1. The molecule has 3 aromatic carbocycles. The molecule has 6 nitrogen and oxygen atoms in total. The second-order valence-corrected chi connectivity index (χ2v) is 10.4. The minimum Gasteiger partial charge on any atom is -0.268 e. The van der Waals surface area contributed by atoms with Crippen molar-refractivity contribution in [2.45, 2.75) is 37.6 Å². The first kappa shape index (κ1) is 22.9. The van der Waals surface area contributed by atoms with Gasteiger partial charge in [0.15, 0.2) is 0 Å². The normalized spacial score (nSPS) is 13.0. The Kier molecular flexibility index (Phi) is 6.19. The number of aromatic nitrogens is 2. The molecule has 0 saturated carbocycles. The van der Waals surface area contributed by atoms with Gasteiger partial charge >= 0.3 is 0 Å². The molecule has 0 aliphatic carbocycles.